The van der Waals surface area contributed by atoms with E-state index in [0.717, 1.165) is 0 Å². The SMILES string of the molecule is CC(=O)c1ccc(NC(=O)CCCn2nc(-c3ccco3)ccc2=O)cc1. The second-order valence-electron chi connectivity index (χ2n) is 6.04. The maximum atomic E-state index is 12.1. The van der Waals surface area contributed by atoms with Crippen LogP contribution in [0.5, 0.6) is 0 Å². The third-order valence-corrected chi connectivity index (χ3v) is 3.99. The average molecular weight is 365 g/mol. The van der Waals surface area contributed by atoms with Crippen molar-refractivity contribution in [3.8, 4) is 11.5 Å². The molecular formula is C20H19N3O4. The van der Waals surface area contributed by atoms with Gasteiger partial charge in [-0.2, -0.15) is 5.10 Å². The molecule has 0 fully saturated rings. The van der Waals surface area contributed by atoms with Crippen molar-refractivity contribution in [2.45, 2.75) is 26.3 Å². The number of aromatic nitrogens is 2. The number of nitrogens with zero attached hydrogens (tertiary/aromatic N) is 2. The first-order chi connectivity index (χ1) is 13.0. The first-order valence-corrected chi connectivity index (χ1v) is 8.56. The largest absolute Gasteiger partial charge is 0.463 e. The smallest absolute Gasteiger partial charge is 0.266 e. The number of Topliss-reactive ketones (excluding diaryl/α,β-unsaturated/α-hetero) is 1. The van der Waals surface area contributed by atoms with Crippen LogP contribution in [0, 0.1) is 0 Å². The highest BCUT2D eigenvalue weighted by atomic mass is 16.3. The summed E-state index contributed by atoms with van der Waals surface area (Å²) in [7, 11) is 0. The number of ketones is 1. The van der Waals surface area contributed by atoms with Crippen LogP contribution in [0.2, 0.25) is 0 Å². The Hall–Kier alpha value is -3.48. The second kappa shape index (κ2) is 8.27. The predicted octanol–water partition coefficient (Wildman–Crippen LogP) is 3.12. The molecule has 2 aromatic heterocycles. The van der Waals surface area contributed by atoms with Crippen LogP contribution in [-0.2, 0) is 11.3 Å². The fraction of sp³-hybridized carbons (Fsp3) is 0.200. The molecule has 0 aliphatic carbocycles. The zero-order valence-corrected chi connectivity index (χ0v) is 14.8. The Bertz CT molecular complexity index is 989. The molecule has 0 saturated heterocycles. The number of hydrogen-bond donors (Lipinski definition) is 1. The number of aryl methyl sites for hydroxylation is 1. The van der Waals surface area contributed by atoms with Crippen molar-refractivity contribution in [3.63, 3.8) is 0 Å². The van der Waals surface area contributed by atoms with Gasteiger partial charge in [0.2, 0.25) is 5.91 Å². The lowest BCUT2D eigenvalue weighted by atomic mass is 10.1. The van der Waals surface area contributed by atoms with Gasteiger partial charge in [-0.05, 0) is 55.8 Å². The molecule has 7 nitrogen and oxygen atoms in total. The number of rotatable bonds is 7. The molecule has 3 rings (SSSR count). The van der Waals surface area contributed by atoms with Crippen molar-refractivity contribution in [2.75, 3.05) is 5.32 Å². The Kier molecular flexibility index (Phi) is 5.61. The minimum absolute atomic E-state index is 0.0254. The van der Waals surface area contributed by atoms with Crippen molar-refractivity contribution < 1.29 is 14.0 Å². The Morgan fingerprint density at radius 1 is 1.11 bits per heavy atom. The molecule has 1 amide bonds. The highest BCUT2D eigenvalue weighted by Crippen LogP contribution is 2.15. The van der Waals surface area contributed by atoms with Gasteiger partial charge in [-0.15, -0.1) is 0 Å². The van der Waals surface area contributed by atoms with E-state index in [0.29, 0.717) is 35.7 Å². The van der Waals surface area contributed by atoms with Gasteiger partial charge in [0, 0.05) is 30.3 Å². The van der Waals surface area contributed by atoms with Crippen LogP contribution in [0.1, 0.15) is 30.1 Å². The summed E-state index contributed by atoms with van der Waals surface area (Å²) in [5, 5.41) is 7.04. The van der Waals surface area contributed by atoms with Gasteiger partial charge in [-0.3, -0.25) is 14.4 Å². The van der Waals surface area contributed by atoms with Crippen LogP contribution >= 0.6 is 0 Å². The molecule has 0 bridgehead atoms. The monoisotopic (exact) mass is 365 g/mol. The van der Waals surface area contributed by atoms with E-state index in [9.17, 15) is 14.4 Å². The number of anilines is 1. The van der Waals surface area contributed by atoms with E-state index in [-0.39, 0.29) is 23.7 Å². The summed E-state index contributed by atoms with van der Waals surface area (Å²) >= 11 is 0. The number of nitrogens with one attached hydrogen (secondary N) is 1. The molecule has 0 saturated carbocycles. The first kappa shape index (κ1) is 18.3. The molecule has 0 aliphatic heterocycles. The maximum Gasteiger partial charge on any atom is 0.266 e. The minimum atomic E-state index is -0.231. The van der Waals surface area contributed by atoms with E-state index in [1.165, 1.54) is 17.7 Å². The van der Waals surface area contributed by atoms with Crippen LogP contribution < -0.4 is 10.9 Å². The molecule has 0 aliphatic rings. The molecular weight excluding hydrogens is 346 g/mol. The standard InChI is InChI=1S/C20H19N3O4/c1-14(24)15-6-8-16(9-7-15)21-19(25)5-2-12-23-20(26)11-10-17(22-23)18-4-3-13-27-18/h3-4,6-11,13H,2,5,12H2,1H3,(H,21,25). The fourth-order valence-electron chi connectivity index (χ4n) is 2.57. The zero-order valence-electron chi connectivity index (χ0n) is 14.8. The third-order valence-electron chi connectivity index (χ3n) is 3.99. The highest BCUT2D eigenvalue weighted by Gasteiger charge is 2.08. The summed E-state index contributed by atoms with van der Waals surface area (Å²) in [6.45, 7) is 1.81. The van der Waals surface area contributed by atoms with E-state index in [1.807, 2.05) is 0 Å². The molecule has 0 radical (unpaired) electrons. The maximum absolute atomic E-state index is 12.1. The van der Waals surface area contributed by atoms with Crippen molar-refractivity contribution in [1.29, 1.82) is 0 Å². The van der Waals surface area contributed by atoms with Gasteiger partial charge < -0.3 is 9.73 Å². The van der Waals surface area contributed by atoms with Gasteiger partial charge >= 0.3 is 0 Å². The summed E-state index contributed by atoms with van der Waals surface area (Å²) in [6, 6.07) is 13.3. The zero-order chi connectivity index (χ0) is 19.2. The lowest BCUT2D eigenvalue weighted by Crippen LogP contribution is -2.23. The summed E-state index contributed by atoms with van der Waals surface area (Å²) in [4.78, 5) is 35.3. The molecule has 2 heterocycles. The second-order valence-corrected chi connectivity index (χ2v) is 6.04. The van der Waals surface area contributed by atoms with Crippen molar-refractivity contribution in [2.24, 2.45) is 0 Å². The number of carbonyl (C=O) groups is 2. The van der Waals surface area contributed by atoms with Gasteiger partial charge in [-0.1, -0.05) is 0 Å². The molecule has 1 N–H and O–H groups in total. The van der Waals surface area contributed by atoms with Crippen LogP contribution in [0.25, 0.3) is 11.5 Å². The molecule has 0 atom stereocenters. The van der Waals surface area contributed by atoms with E-state index in [4.69, 9.17) is 4.42 Å². The molecule has 3 aromatic rings. The molecule has 7 heteroatoms. The Morgan fingerprint density at radius 3 is 2.56 bits per heavy atom. The van der Waals surface area contributed by atoms with Gasteiger partial charge in [0.15, 0.2) is 11.5 Å². The van der Waals surface area contributed by atoms with Crippen molar-refractivity contribution in [3.05, 3.63) is 70.7 Å². The quantitative estimate of drug-likeness (QED) is 0.649. The summed E-state index contributed by atoms with van der Waals surface area (Å²) in [6.07, 6.45) is 2.25. The highest BCUT2D eigenvalue weighted by molar-refractivity contribution is 5.95. The number of carbonyl (C=O) groups excluding carboxylic acids is 2. The minimum Gasteiger partial charge on any atom is -0.463 e. The number of amides is 1. The van der Waals surface area contributed by atoms with E-state index >= 15 is 0 Å². The van der Waals surface area contributed by atoms with E-state index < -0.39 is 0 Å². The molecule has 138 valence electrons. The summed E-state index contributed by atoms with van der Waals surface area (Å²) in [5.74, 6) is 0.388. The Morgan fingerprint density at radius 2 is 1.89 bits per heavy atom. The number of furan rings is 1. The Labute approximate surface area is 155 Å². The lowest BCUT2D eigenvalue weighted by molar-refractivity contribution is -0.116. The topological polar surface area (TPSA) is 94.2 Å². The fourth-order valence-corrected chi connectivity index (χ4v) is 2.57. The predicted molar refractivity (Wildman–Crippen MR) is 101 cm³/mol. The van der Waals surface area contributed by atoms with Crippen LogP contribution in [0.4, 0.5) is 5.69 Å². The van der Waals surface area contributed by atoms with Crippen LogP contribution in [-0.4, -0.2) is 21.5 Å². The summed E-state index contributed by atoms with van der Waals surface area (Å²) in [5.41, 5.74) is 1.55. The summed E-state index contributed by atoms with van der Waals surface area (Å²) < 4.78 is 6.61. The van der Waals surface area contributed by atoms with Crippen LogP contribution in [0.3, 0.4) is 0 Å². The van der Waals surface area contributed by atoms with Crippen LogP contribution in [0.15, 0.2) is 64.0 Å². The number of hydrogen-bond acceptors (Lipinski definition) is 5. The molecule has 0 unspecified atom stereocenters. The average Bonchev–Trinajstić information content (AvgIpc) is 3.18. The first-order valence-electron chi connectivity index (χ1n) is 8.56. The van der Waals surface area contributed by atoms with E-state index in [1.54, 1.807) is 48.7 Å². The van der Waals surface area contributed by atoms with Gasteiger partial charge in [-0.25, -0.2) is 4.68 Å². The van der Waals surface area contributed by atoms with E-state index in [2.05, 4.69) is 10.4 Å². The Balaban J connectivity index is 1.55. The molecule has 1 aromatic carbocycles. The molecule has 27 heavy (non-hydrogen) atoms. The van der Waals surface area contributed by atoms with Crippen molar-refractivity contribution >= 4 is 17.4 Å². The number of benzene rings is 1. The van der Waals surface area contributed by atoms with Crippen molar-refractivity contribution in [1.82, 2.24) is 9.78 Å². The molecule has 0 spiro atoms. The normalized spacial score (nSPS) is 10.6. The van der Waals surface area contributed by atoms with Gasteiger partial charge in [0.25, 0.3) is 5.56 Å². The van der Waals surface area contributed by atoms with Gasteiger partial charge in [0.05, 0.1) is 6.26 Å². The van der Waals surface area contributed by atoms with Gasteiger partial charge in [0.1, 0.15) is 5.69 Å². The third kappa shape index (κ3) is 4.78. The lowest BCUT2D eigenvalue weighted by Gasteiger charge is -2.07.